The highest BCUT2D eigenvalue weighted by Gasteiger charge is 2.13. The number of methoxy groups -OCH3 is 1. The molecule has 0 radical (unpaired) electrons. The van der Waals surface area contributed by atoms with Crippen LogP contribution in [0.4, 0.5) is 5.69 Å². The van der Waals surface area contributed by atoms with Crippen LogP contribution in [-0.2, 0) is 9.59 Å². The molecule has 6 nitrogen and oxygen atoms in total. The van der Waals surface area contributed by atoms with E-state index < -0.39 is 11.8 Å². The van der Waals surface area contributed by atoms with Gasteiger partial charge in [0, 0.05) is 22.3 Å². The molecule has 24 heavy (non-hydrogen) atoms. The fourth-order valence-corrected chi connectivity index (χ4v) is 2.16. The third kappa shape index (κ3) is 4.97. The Morgan fingerprint density at radius 3 is 2.62 bits per heavy atom. The third-order valence-corrected chi connectivity index (χ3v) is 3.43. The van der Waals surface area contributed by atoms with Crippen LogP contribution in [0.5, 0.6) is 5.75 Å². The first-order valence-electron chi connectivity index (χ1n) is 6.73. The summed E-state index contributed by atoms with van der Waals surface area (Å²) >= 11 is 11.7. The Morgan fingerprint density at radius 1 is 1.12 bits per heavy atom. The van der Waals surface area contributed by atoms with Gasteiger partial charge in [-0.2, -0.15) is 5.10 Å². The molecule has 0 bridgehead atoms. The molecule has 0 fully saturated rings. The molecule has 2 rings (SSSR count). The first-order chi connectivity index (χ1) is 11.5. The Labute approximate surface area is 148 Å². The maximum absolute atomic E-state index is 11.8. The zero-order valence-electron chi connectivity index (χ0n) is 12.5. The minimum atomic E-state index is -0.917. The number of carbonyl (C=O) groups excluding carboxylic acids is 2. The van der Waals surface area contributed by atoms with Crippen LogP contribution in [0.2, 0.25) is 10.0 Å². The van der Waals surface area contributed by atoms with Gasteiger partial charge < -0.3 is 10.1 Å². The number of ether oxygens (including phenoxy) is 1. The predicted octanol–water partition coefficient (Wildman–Crippen LogP) is 3.09. The van der Waals surface area contributed by atoms with Crippen LogP contribution in [0.1, 0.15) is 5.56 Å². The van der Waals surface area contributed by atoms with E-state index in [0.717, 1.165) is 0 Å². The number of rotatable bonds is 4. The van der Waals surface area contributed by atoms with Gasteiger partial charge in [-0.1, -0.05) is 35.3 Å². The van der Waals surface area contributed by atoms with Gasteiger partial charge in [-0.25, -0.2) is 5.43 Å². The monoisotopic (exact) mass is 365 g/mol. The number of hydrazone groups is 1. The third-order valence-electron chi connectivity index (χ3n) is 2.87. The summed E-state index contributed by atoms with van der Waals surface area (Å²) < 4.78 is 5.03. The summed E-state index contributed by atoms with van der Waals surface area (Å²) in [6.45, 7) is 0. The summed E-state index contributed by atoms with van der Waals surface area (Å²) in [5.41, 5.74) is 3.10. The SMILES string of the molecule is COc1cccc(NC(=O)C(=O)N/N=C/c2ccc(Cl)cc2Cl)c1. The van der Waals surface area contributed by atoms with E-state index in [1.165, 1.54) is 13.3 Å². The Balaban J connectivity index is 1.93. The van der Waals surface area contributed by atoms with Crippen molar-refractivity contribution in [2.24, 2.45) is 5.10 Å². The number of hydrogen-bond donors (Lipinski definition) is 2. The topological polar surface area (TPSA) is 79.8 Å². The number of amides is 2. The highest BCUT2D eigenvalue weighted by molar-refractivity contribution is 6.39. The summed E-state index contributed by atoms with van der Waals surface area (Å²) in [6.07, 6.45) is 1.31. The quantitative estimate of drug-likeness (QED) is 0.496. The van der Waals surface area contributed by atoms with Crippen molar-refractivity contribution in [1.82, 2.24) is 5.43 Å². The van der Waals surface area contributed by atoms with Gasteiger partial charge in [0.1, 0.15) is 5.75 Å². The van der Waals surface area contributed by atoms with Crippen molar-refractivity contribution in [1.29, 1.82) is 0 Å². The molecule has 0 unspecified atom stereocenters. The van der Waals surface area contributed by atoms with E-state index in [-0.39, 0.29) is 0 Å². The van der Waals surface area contributed by atoms with Crippen LogP contribution in [0, 0.1) is 0 Å². The molecule has 0 spiro atoms. The normalized spacial score (nSPS) is 10.5. The molecule has 0 saturated carbocycles. The largest absolute Gasteiger partial charge is 0.497 e. The zero-order valence-corrected chi connectivity index (χ0v) is 14.1. The van der Waals surface area contributed by atoms with Crippen LogP contribution >= 0.6 is 23.2 Å². The highest BCUT2D eigenvalue weighted by Crippen LogP contribution is 2.19. The first-order valence-corrected chi connectivity index (χ1v) is 7.48. The van der Waals surface area contributed by atoms with E-state index in [2.05, 4.69) is 15.8 Å². The van der Waals surface area contributed by atoms with Crippen LogP contribution < -0.4 is 15.5 Å². The molecular formula is C16H13Cl2N3O3. The average molecular weight is 366 g/mol. The van der Waals surface area contributed by atoms with Crippen LogP contribution in [0.25, 0.3) is 0 Å². The van der Waals surface area contributed by atoms with Gasteiger partial charge in [-0.15, -0.1) is 0 Å². The second-order valence-corrected chi connectivity index (χ2v) is 5.39. The second kappa shape index (κ2) is 8.33. The van der Waals surface area contributed by atoms with E-state index in [4.69, 9.17) is 27.9 Å². The van der Waals surface area contributed by atoms with Crippen LogP contribution in [-0.4, -0.2) is 25.1 Å². The molecule has 0 aliphatic rings. The summed E-state index contributed by atoms with van der Waals surface area (Å²) in [5, 5.41) is 6.99. The molecule has 0 aliphatic carbocycles. The Kier molecular flexibility index (Phi) is 6.17. The summed E-state index contributed by atoms with van der Waals surface area (Å²) in [6, 6.07) is 11.4. The van der Waals surface area contributed by atoms with Crippen molar-refractivity contribution < 1.29 is 14.3 Å². The van der Waals surface area contributed by atoms with Crippen molar-refractivity contribution in [2.75, 3.05) is 12.4 Å². The first kappa shape index (κ1) is 17.8. The standard InChI is InChI=1S/C16H13Cl2N3O3/c1-24-13-4-2-3-12(8-13)20-15(22)16(23)21-19-9-10-5-6-11(17)7-14(10)18/h2-9H,1H3,(H,20,22)(H,21,23)/b19-9+. The molecule has 8 heteroatoms. The van der Waals surface area contributed by atoms with Crippen molar-refractivity contribution in [2.45, 2.75) is 0 Å². The van der Waals surface area contributed by atoms with E-state index in [9.17, 15) is 9.59 Å². The van der Waals surface area contributed by atoms with Gasteiger partial charge in [0.15, 0.2) is 0 Å². The molecule has 0 aromatic heterocycles. The van der Waals surface area contributed by atoms with Crippen molar-refractivity contribution in [3.05, 3.63) is 58.1 Å². The smallest absolute Gasteiger partial charge is 0.329 e. The van der Waals surface area contributed by atoms with Gasteiger partial charge in [-0.05, 0) is 24.3 Å². The average Bonchev–Trinajstić information content (AvgIpc) is 2.56. The molecule has 2 N–H and O–H groups in total. The number of nitrogens with zero attached hydrogens (tertiary/aromatic N) is 1. The van der Waals surface area contributed by atoms with E-state index in [1.807, 2.05) is 0 Å². The Hall–Kier alpha value is -2.57. The molecule has 124 valence electrons. The van der Waals surface area contributed by atoms with Gasteiger partial charge in [0.2, 0.25) is 0 Å². The van der Waals surface area contributed by atoms with E-state index in [0.29, 0.717) is 27.0 Å². The van der Waals surface area contributed by atoms with Gasteiger partial charge in [0.25, 0.3) is 0 Å². The lowest BCUT2D eigenvalue weighted by atomic mass is 10.2. The summed E-state index contributed by atoms with van der Waals surface area (Å²) in [4.78, 5) is 23.5. The molecule has 0 atom stereocenters. The summed E-state index contributed by atoms with van der Waals surface area (Å²) in [5.74, 6) is -1.22. The second-order valence-electron chi connectivity index (χ2n) is 4.55. The molecular weight excluding hydrogens is 353 g/mol. The maximum Gasteiger partial charge on any atom is 0.329 e. The molecule has 2 amide bonds. The lowest BCUT2D eigenvalue weighted by Gasteiger charge is -2.05. The van der Waals surface area contributed by atoms with Gasteiger partial charge >= 0.3 is 11.8 Å². The van der Waals surface area contributed by atoms with Gasteiger partial charge in [-0.3, -0.25) is 9.59 Å². The molecule has 2 aromatic carbocycles. The van der Waals surface area contributed by atoms with E-state index >= 15 is 0 Å². The van der Waals surface area contributed by atoms with Crippen LogP contribution in [0.15, 0.2) is 47.6 Å². The zero-order chi connectivity index (χ0) is 17.5. The molecule has 0 heterocycles. The van der Waals surface area contributed by atoms with E-state index in [1.54, 1.807) is 42.5 Å². The fourth-order valence-electron chi connectivity index (χ4n) is 1.71. The summed E-state index contributed by atoms with van der Waals surface area (Å²) in [7, 11) is 1.50. The molecule has 2 aromatic rings. The Bertz CT molecular complexity index is 794. The van der Waals surface area contributed by atoms with Crippen molar-refractivity contribution in [3.63, 3.8) is 0 Å². The molecule has 0 aliphatic heterocycles. The van der Waals surface area contributed by atoms with Gasteiger partial charge in [0.05, 0.1) is 18.3 Å². The number of nitrogens with one attached hydrogen (secondary N) is 2. The number of anilines is 1. The lowest BCUT2D eigenvalue weighted by molar-refractivity contribution is -0.136. The minimum Gasteiger partial charge on any atom is -0.497 e. The maximum atomic E-state index is 11.8. The van der Waals surface area contributed by atoms with Crippen molar-refractivity contribution in [3.8, 4) is 5.75 Å². The van der Waals surface area contributed by atoms with Crippen LogP contribution in [0.3, 0.4) is 0 Å². The number of carbonyl (C=O) groups is 2. The highest BCUT2D eigenvalue weighted by atomic mass is 35.5. The number of benzene rings is 2. The molecule has 0 saturated heterocycles. The Morgan fingerprint density at radius 2 is 1.92 bits per heavy atom. The van der Waals surface area contributed by atoms with Crippen molar-refractivity contribution >= 4 is 46.9 Å². The number of halogens is 2. The minimum absolute atomic E-state index is 0.376. The number of hydrogen-bond acceptors (Lipinski definition) is 4. The fraction of sp³-hybridized carbons (Fsp3) is 0.0625. The predicted molar refractivity (Wildman–Crippen MR) is 93.8 cm³/mol. The lowest BCUT2D eigenvalue weighted by Crippen LogP contribution is -2.32.